The molecule has 0 amide bonds. The van der Waals surface area contributed by atoms with Crippen LogP contribution in [-0.4, -0.2) is 42.4 Å². The highest BCUT2D eigenvalue weighted by atomic mass is 16.5. The number of aliphatic hydroxyl groups is 1. The molecular formula is C15H23NO2. The van der Waals surface area contributed by atoms with Crippen molar-refractivity contribution in [2.45, 2.75) is 33.0 Å². The number of hydrogen-bond donors (Lipinski definition) is 1. The van der Waals surface area contributed by atoms with Crippen LogP contribution in [0.3, 0.4) is 0 Å². The molecule has 1 saturated heterocycles. The first-order chi connectivity index (χ1) is 8.61. The summed E-state index contributed by atoms with van der Waals surface area (Å²) in [5.74, 6) is 0. The lowest BCUT2D eigenvalue weighted by molar-refractivity contribution is -0.0890. The fourth-order valence-corrected chi connectivity index (χ4v) is 2.49. The highest BCUT2D eigenvalue weighted by molar-refractivity contribution is 5.32. The largest absolute Gasteiger partial charge is 0.386 e. The molecule has 1 N–H and O–H groups in total. The molecule has 1 aliphatic heterocycles. The number of morpholine rings is 1. The Balaban J connectivity index is 2.14. The maximum absolute atomic E-state index is 10.5. The Morgan fingerprint density at radius 3 is 2.94 bits per heavy atom. The number of rotatable bonds is 3. The summed E-state index contributed by atoms with van der Waals surface area (Å²) in [5, 5.41) is 10.5. The van der Waals surface area contributed by atoms with Gasteiger partial charge in [0.05, 0.1) is 6.61 Å². The van der Waals surface area contributed by atoms with E-state index < -0.39 is 6.10 Å². The SMILES string of the molecule is CCN1CCOC(C(O)c2cc(C)ccc2C)C1. The first kappa shape index (κ1) is 13.5. The normalized spacial score (nSPS) is 23.0. The predicted molar refractivity (Wildman–Crippen MR) is 72.7 cm³/mol. The molecule has 18 heavy (non-hydrogen) atoms. The number of benzene rings is 1. The van der Waals surface area contributed by atoms with Gasteiger partial charge in [-0.15, -0.1) is 0 Å². The van der Waals surface area contributed by atoms with Crippen LogP contribution in [0.4, 0.5) is 0 Å². The molecule has 100 valence electrons. The van der Waals surface area contributed by atoms with Crippen molar-refractivity contribution in [3.05, 3.63) is 34.9 Å². The number of likely N-dealkylation sites (N-methyl/N-ethyl adjacent to an activating group) is 1. The molecular weight excluding hydrogens is 226 g/mol. The van der Waals surface area contributed by atoms with Gasteiger partial charge in [-0.25, -0.2) is 0 Å². The van der Waals surface area contributed by atoms with Crippen LogP contribution in [0.25, 0.3) is 0 Å². The summed E-state index contributed by atoms with van der Waals surface area (Å²) in [4.78, 5) is 2.32. The van der Waals surface area contributed by atoms with Crippen molar-refractivity contribution in [2.24, 2.45) is 0 Å². The van der Waals surface area contributed by atoms with Gasteiger partial charge in [0, 0.05) is 13.1 Å². The van der Waals surface area contributed by atoms with Crippen LogP contribution >= 0.6 is 0 Å². The average molecular weight is 249 g/mol. The Bertz CT molecular complexity index is 405. The summed E-state index contributed by atoms with van der Waals surface area (Å²) in [6.07, 6.45) is -0.640. The third kappa shape index (κ3) is 2.91. The van der Waals surface area contributed by atoms with Crippen LogP contribution in [0.15, 0.2) is 18.2 Å². The lowest BCUT2D eigenvalue weighted by Crippen LogP contribution is -2.44. The van der Waals surface area contributed by atoms with Crippen molar-refractivity contribution in [3.63, 3.8) is 0 Å². The Labute approximate surface area is 109 Å². The van der Waals surface area contributed by atoms with Gasteiger partial charge in [0.15, 0.2) is 0 Å². The molecule has 0 bridgehead atoms. The molecule has 2 rings (SSSR count). The second kappa shape index (κ2) is 5.83. The minimum Gasteiger partial charge on any atom is -0.386 e. The summed E-state index contributed by atoms with van der Waals surface area (Å²) in [6.45, 7) is 9.73. The summed E-state index contributed by atoms with van der Waals surface area (Å²) in [5.41, 5.74) is 3.31. The molecule has 1 aromatic rings. The number of ether oxygens (including phenoxy) is 1. The lowest BCUT2D eigenvalue weighted by Gasteiger charge is -2.35. The van der Waals surface area contributed by atoms with Crippen molar-refractivity contribution in [1.82, 2.24) is 4.90 Å². The molecule has 1 aromatic carbocycles. The Morgan fingerprint density at radius 1 is 1.44 bits per heavy atom. The smallest absolute Gasteiger partial charge is 0.107 e. The van der Waals surface area contributed by atoms with Crippen LogP contribution < -0.4 is 0 Å². The molecule has 1 aliphatic rings. The molecule has 0 spiro atoms. The molecule has 0 saturated carbocycles. The van der Waals surface area contributed by atoms with Gasteiger partial charge in [0.2, 0.25) is 0 Å². The van der Waals surface area contributed by atoms with E-state index in [0.29, 0.717) is 6.61 Å². The van der Waals surface area contributed by atoms with Crippen molar-refractivity contribution in [1.29, 1.82) is 0 Å². The first-order valence-corrected chi connectivity index (χ1v) is 6.71. The van der Waals surface area contributed by atoms with E-state index in [4.69, 9.17) is 4.74 Å². The van der Waals surface area contributed by atoms with E-state index in [9.17, 15) is 5.11 Å². The third-order valence-electron chi connectivity index (χ3n) is 3.73. The van der Waals surface area contributed by atoms with E-state index in [1.54, 1.807) is 0 Å². The van der Waals surface area contributed by atoms with E-state index in [2.05, 4.69) is 36.9 Å². The van der Waals surface area contributed by atoms with E-state index in [0.717, 1.165) is 30.8 Å². The van der Waals surface area contributed by atoms with Crippen LogP contribution in [0, 0.1) is 13.8 Å². The predicted octanol–water partition coefficient (Wildman–Crippen LogP) is 2.06. The van der Waals surface area contributed by atoms with Crippen LogP contribution in [0.2, 0.25) is 0 Å². The van der Waals surface area contributed by atoms with Crippen LogP contribution in [0.1, 0.15) is 29.7 Å². The van der Waals surface area contributed by atoms with Crippen molar-refractivity contribution >= 4 is 0 Å². The van der Waals surface area contributed by atoms with E-state index in [-0.39, 0.29) is 6.10 Å². The zero-order valence-electron chi connectivity index (χ0n) is 11.5. The fourth-order valence-electron chi connectivity index (χ4n) is 2.49. The first-order valence-electron chi connectivity index (χ1n) is 6.71. The number of aliphatic hydroxyl groups excluding tert-OH is 1. The van der Waals surface area contributed by atoms with Crippen molar-refractivity contribution < 1.29 is 9.84 Å². The van der Waals surface area contributed by atoms with Gasteiger partial charge in [0.1, 0.15) is 12.2 Å². The molecule has 2 unspecified atom stereocenters. The summed E-state index contributed by atoms with van der Waals surface area (Å²) in [6, 6.07) is 6.20. The van der Waals surface area contributed by atoms with Crippen LogP contribution in [-0.2, 0) is 4.74 Å². The highest BCUT2D eigenvalue weighted by Crippen LogP contribution is 2.25. The summed E-state index contributed by atoms with van der Waals surface area (Å²) >= 11 is 0. The molecule has 3 heteroatoms. The topological polar surface area (TPSA) is 32.7 Å². The van der Waals surface area contributed by atoms with Gasteiger partial charge < -0.3 is 9.84 Å². The molecule has 2 atom stereocenters. The van der Waals surface area contributed by atoms with Crippen LogP contribution in [0.5, 0.6) is 0 Å². The zero-order chi connectivity index (χ0) is 13.1. The molecule has 3 nitrogen and oxygen atoms in total. The maximum atomic E-state index is 10.5. The quantitative estimate of drug-likeness (QED) is 0.890. The minimum absolute atomic E-state index is 0.112. The molecule has 1 heterocycles. The molecule has 1 fully saturated rings. The highest BCUT2D eigenvalue weighted by Gasteiger charge is 2.28. The molecule has 0 radical (unpaired) electrons. The third-order valence-corrected chi connectivity index (χ3v) is 3.73. The number of nitrogens with zero attached hydrogens (tertiary/aromatic N) is 1. The Kier molecular flexibility index (Phi) is 4.38. The lowest BCUT2D eigenvalue weighted by atomic mass is 9.96. The van der Waals surface area contributed by atoms with E-state index in [1.807, 2.05) is 6.92 Å². The standard InChI is InChI=1S/C15H23NO2/c1-4-16-7-8-18-14(10-16)15(17)13-9-11(2)5-6-12(13)3/h5-6,9,14-15,17H,4,7-8,10H2,1-3H3. The zero-order valence-corrected chi connectivity index (χ0v) is 11.5. The average Bonchev–Trinajstić information content (AvgIpc) is 2.41. The Morgan fingerprint density at radius 2 is 2.22 bits per heavy atom. The van der Waals surface area contributed by atoms with Gasteiger partial charge in [0.25, 0.3) is 0 Å². The van der Waals surface area contributed by atoms with Gasteiger partial charge in [-0.2, -0.15) is 0 Å². The number of aryl methyl sites for hydroxylation is 2. The maximum Gasteiger partial charge on any atom is 0.107 e. The van der Waals surface area contributed by atoms with Gasteiger partial charge in [-0.1, -0.05) is 30.7 Å². The van der Waals surface area contributed by atoms with Crippen molar-refractivity contribution in [2.75, 3.05) is 26.2 Å². The minimum atomic E-state index is -0.528. The summed E-state index contributed by atoms with van der Waals surface area (Å²) in [7, 11) is 0. The summed E-state index contributed by atoms with van der Waals surface area (Å²) < 4.78 is 5.73. The Hall–Kier alpha value is -0.900. The van der Waals surface area contributed by atoms with Crippen molar-refractivity contribution in [3.8, 4) is 0 Å². The van der Waals surface area contributed by atoms with Gasteiger partial charge in [-0.3, -0.25) is 4.90 Å². The second-order valence-corrected chi connectivity index (χ2v) is 5.11. The van der Waals surface area contributed by atoms with Gasteiger partial charge in [-0.05, 0) is 31.5 Å². The molecule has 0 aromatic heterocycles. The van der Waals surface area contributed by atoms with E-state index >= 15 is 0 Å². The second-order valence-electron chi connectivity index (χ2n) is 5.11. The monoisotopic (exact) mass is 249 g/mol. The molecule has 0 aliphatic carbocycles. The van der Waals surface area contributed by atoms with Gasteiger partial charge >= 0.3 is 0 Å². The van der Waals surface area contributed by atoms with E-state index in [1.165, 1.54) is 5.56 Å². The fraction of sp³-hybridized carbons (Fsp3) is 0.600. The number of hydrogen-bond acceptors (Lipinski definition) is 3.